The lowest BCUT2D eigenvalue weighted by molar-refractivity contribution is 0.570. The molecular weight excluding hydrogens is 502 g/mol. The molecule has 0 bridgehead atoms. The Bertz CT molecular complexity index is 1850. The van der Waals surface area contributed by atoms with Crippen molar-refractivity contribution < 1.29 is 8.78 Å². The van der Waals surface area contributed by atoms with Crippen LogP contribution in [0.1, 0.15) is 16.7 Å². The van der Waals surface area contributed by atoms with Crippen molar-refractivity contribution in [2.45, 2.75) is 19.9 Å². The van der Waals surface area contributed by atoms with Gasteiger partial charge in [0.05, 0.1) is 5.52 Å². The van der Waals surface area contributed by atoms with Crippen LogP contribution in [-0.2, 0) is 13.0 Å². The van der Waals surface area contributed by atoms with Crippen molar-refractivity contribution in [2.75, 3.05) is 28.6 Å². The van der Waals surface area contributed by atoms with Crippen molar-refractivity contribution in [3.63, 3.8) is 0 Å². The molecule has 2 aromatic carbocycles. The van der Waals surface area contributed by atoms with E-state index in [9.17, 15) is 13.6 Å². The zero-order valence-corrected chi connectivity index (χ0v) is 20.9. The number of aryl methyl sites for hydroxylation is 1. The highest BCUT2D eigenvalue weighted by atomic mass is 19.1. The molecule has 3 aromatic heterocycles. The lowest BCUT2D eigenvalue weighted by atomic mass is 9.99. The first-order chi connectivity index (χ1) is 18.7. The number of fused-ring (bicyclic) bond motifs is 2. The summed E-state index contributed by atoms with van der Waals surface area (Å²) in [5.74, 6) is -1.95. The number of hydrogen-bond acceptors (Lipinski definition) is 8. The Balaban J connectivity index is 1.41. The molecule has 11 heteroatoms. The van der Waals surface area contributed by atoms with Crippen molar-refractivity contribution in [3.05, 3.63) is 93.4 Å². The van der Waals surface area contributed by atoms with E-state index < -0.39 is 17.5 Å². The van der Waals surface area contributed by atoms with Crippen LogP contribution in [0.25, 0.3) is 27.8 Å². The van der Waals surface area contributed by atoms with Gasteiger partial charge in [0.2, 0.25) is 5.95 Å². The molecule has 1 aliphatic heterocycles. The van der Waals surface area contributed by atoms with Gasteiger partial charge in [0.25, 0.3) is 0 Å². The number of halogens is 2. The van der Waals surface area contributed by atoms with Gasteiger partial charge in [-0.05, 0) is 54.3 Å². The molecule has 0 unspecified atom stereocenters. The van der Waals surface area contributed by atoms with Gasteiger partial charge in [0.1, 0.15) is 5.82 Å². The molecule has 4 heterocycles. The van der Waals surface area contributed by atoms with E-state index in [-0.39, 0.29) is 17.2 Å². The summed E-state index contributed by atoms with van der Waals surface area (Å²) in [6.07, 6.45) is 3.97. The fraction of sp³-hybridized carbons (Fsp3) is 0.143. The van der Waals surface area contributed by atoms with Crippen molar-refractivity contribution in [1.82, 2.24) is 19.5 Å². The van der Waals surface area contributed by atoms with Crippen LogP contribution < -0.4 is 27.5 Å². The summed E-state index contributed by atoms with van der Waals surface area (Å²) in [4.78, 5) is 27.1. The number of nitrogens with two attached hydrogens (primary N) is 3. The summed E-state index contributed by atoms with van der Waals surface area (Å²) in [5, 5.41) is 0.387. The van der Waals surface area contributed by atoms with Crippen LogP contribution in [0.5, 0.6) is 0 Å². The zero-order valence-electron chi connectivity index (χ0n) is 20.9. The van der Waals surface area contributed by atoms with Crippen LogP contribution >= 0.6 is 0 Å². The molecular formula is C28H24F2N8O. The number of benzene rings is 2. The third kappa shape index (κ3) is 4.17. The average molecular weight is 527 g/mol. The van der Waals surface area contributed by atoms with Crippen molar-refractivity contribution in [2.24, 2.45) is 0 Å². The van der Waals surface area contributed by atoms with Gasteiger partial charge < -0.3 is 22.1 Å². The van der Waals surface area contributed by atoms with Crippen LogP contribution in [-0.4, -0.2) is 26.1 Å². The van der Waals surface area contributed by atoms with E-state index in [0.717, 1.165) is 40.9 Å². The standard InChI is InChI=1S/C28H24F2N8O/c1-14-12-38(27-21(30)10-20(29)26(32)35-27)23-9-16(2-4-19(23)24(14)39)15-3-5-22-17(8-15)6-7-37(22)13-18-11-34-28(33)36-25(18)31/h2-5,8-12H,6-7,13H2,1H3,(H2,32,35)(H4,31,33,34,36). The van der Waals surface area contributed by atoms with Gasteiger partial charge in [0.15, 0.2) is 28.7 Å². The quantitative estimate of drug-likeness (QED) is 0.322. The maximum Gasteiger partial charge on any atom is 0.221 e. The normalized spacial score (nSPS) is 12.7. The van der Waals surface area contributed by atoms with Crippen LogP contribution in [0, 0.1) is 18.6 Å². The molecule has 39 heavy (non-hydrogen) atoms. The second kappa shape index (κ2) is 9.05. The van der Waals surface area contributed by atoms with Gasteiger partial charge in [-0.3, -0.25) is 9.36 Å². The summed E-state index contributed by atoms with van der Waals surface area (Å²) in [6.45, 7) is 2.99. The number of aromatic nitrogens is 4. The Morgan fingerprint density at radius 3 is 2.51 bits per heavy atom. The van der Waals surface area contributed by atoms with Gasteiger partial charge in [0, 0.05) is 53.8 Å². The van der Waals surface area contributed by atoms with Gasteiger partial charge in [-0.2, -0.15) is 4.98 Å². The Morgan fingerprint density at radius 1 is 0.949 bits per heavy atom. The molecule has 6 rings (SSSR count). The van der Waals surface area contributed by atoms with E-state index in [1.54, 1.807) is 25.3 Å². The second-order valence-electron chi connectivity index (χ2n) is 9.56. The summed E-state index contributed by atoms with van der Waals surface area (Å²) in [6, 6.07) is 12.2. The average Bonchev–Trinajstić information content (AvgIpc) is 3.31. The highest BCUT2D eigenvalue weighted by Gasteiger charge is 2.22. The molecule has 0 saturated carbocycles. The predicted molar refractivity (Wildman–Crippen MR) is 147 cm³/mol. The van der Waals surface area contributed by atoms with Crippen molar-refractivity contribution in [1.29, 1.82) is 0 Å². The zero-order chi connectivity index (χ0) is 27.4. The number of hydrogen-bond donors (Lipinski definition) is 3. The molecule has 0 aliphatic carbocycles. The molecule has 0 saturated heterocycles. The van der Waals surface area contributed by atoms with Gasteiger partial charge in [-0.25, -0.2) is 18.7 Å². The molecule has 0 spiro atoms. The summed E-state index contributed by atoms with van der Waals surface area (Å²) in [7, 11) is 0. The predicted octanol–water partition coefficient (Wildman–Crippen LogP) is 3.74. The summed E-state index contributed by atoms with van der Waals surface area (Å²) >= 11 is 0. The van der Waals surface area contributed by atoms with Crippen molar-refractivity contribution >= 4 is 34.2 Å². The third-order valence-electron chi connectivity index (χ3n) is 7.03. The molecule has 0 amide bonds. The first-order valence-corrected chi connectivity index (χ1v) is 12.2. The number of pyridine rings is 2. The van der Waals surface area contributed by atoms with E-state index in [4.69, 9.17) is 17.2 Å². The fourth-order valence-electron chi connectivity index (χ4n) is 5.03. The lowest BCUT2D eigenvalue weighted by Gasteiger charge is -2.20. The molecule has 1 aliphatic rings. The lowest BCUT2D eigenvalue weighted by Crippen LogP contribution is -2.21. The Morgan fingerprint density at radius 2 is 1.72 bits per heavy atom. The minimum atomic E-state index is -0.946. The Labute approximate surface area is 221 Å². The first kappa shape index (κ1) is 24.3. The minimum absolute atomic E-state index is 0.139. The second-order valence-corrected chi connectivity index (χ2v) is 9.56. The smallest absolute Gasteiger partial charge is 0.221 e. The maximum atomic E-state index is 14.8. The van der Waals surface area contributed by atoms with Crippen LogP contribution in [0.15, 0.2) is 59.7 Å². The monoisotopic (exact) mass is 526 g/mol. The number of rotatable bonds is 4. The van der Waals surface area contributed by atoms with Crippen molar-refractivity contribution in [3.8, 4) is 16.9 Å². The first-order valence-electron chi connectivity index (χ1n) is 12.2. The van der Waals surface area contributed by atoms with Gasteiger partial charge in [-0.1, -0.05) is 12.1 Å². The van der Waals surface area contributed by atoms with E-state index in [0.29, 0.717) is 34.9 Å². The fourth-order valence-corrected chi connectivity index (χ4v) is 5.03. The highest BCUT2D eigenvalue weighted by molar-refractivity contribution is 5.86. The Hall–Kier alpha value is -5.06. The molecule has 6 N–H and O–H groups in total. The SMILES string of the molecule is Cc1cn(-c2nc(N)c(F)cc2F)c2cc(-c3ccc4c(c3)CCN4Cc3cnc(N)nc3N)ccc2c1=O. The van der Waals surface area contributed by atoms with Crippen LogP contribution in [0.3, 0.4) is 0 Å². The number of nitrogens with zero attached hydrogens (tertiary/aromatic N) is 5. The van der Waals surface area contributed by atoms with Gasteiger partial charge >= 0.3 is 0 Å². The van der Waals surface area contributed by atoms with E-state index in [1.165, 1.54) is 10.8 Å². The molecule has 0 atom stereocenters. The molecule has 0 fully saturated rings. The third-order valence-corrected chi connectivity index (χ3v) is 7.03. The van der Waals surface area contributed by atoms with E-state index >= 15 is 0 Å². The molecule has 196 valence electrons. The molecule has 9 nitrogen and oxygen atoms in total. The molecule has 5 aromatic rings. The van der Waals surface area contributed by atoms with Crippen LogP contribution in [0.4, 0.5) is 32.1 Å². The topological polar surface area (TPSA) is 142 Å². The Kier molecular flexibility index (Phi) is 5.63. The van der Waals surface area contributed by atoms with Crippen LogP contribution in [0.2, 0.25) is 0 Å². The number of anilines is 4. The van der Waals surface area contributed by atoms with E-state index in [2.05, 4.69) is 25.9 Å². The highest BCUT2D eigenvalue weighted by Crippen LogP contribution is 2.35. The van der Waals surface area contributed by atoms with Gasteiger partial charge in [-0.15, -0.1) is 0 Å². The number of nitrogen functional groups attached to an aromatic ring is 3. The largest absolute Gasteiger partial charge is 0.383 e. The summed E-state index contributed by atoms with van der Waals surface area (Å²) < 4.78 is 30.0. The molecule has 0 radical (unpaired) electrons. The maximum absolute atomic E-state index is 14.8. The minimum Gasteiger partial charge on any atom is -0.383 e. The summed E-state index contributed by atoms with van der Waals surface area (Å²) in [5.41, 5.74) is 22.7. The van der Waals surface area contributed by atoms with E-state index in [1.807, 2.05) is 18.2 Å².